The van der Waals surface area contributed by atoms with E-state index in [1.54, 1.807) is 24.3 Å². The Balaban J connectivity index is 2.18. The largest absolute Gasteiger partial charge is 0.472 e. The molecule has 82 valence electrons. The van der Waals surface area contributed by atoms with E-state index in [1.165, 1.54) is 12.5 Å². The molecule has 1 amide bonds. The van der Waals surface area contributed by atoms with E-state index < -0.39 is 0 Å². The molecule has 0 radical (unpaired) electrons. The quantitative estimate of drug-likeness (QED) is 0.840. The molecular weight excluding hydrogens is 340 g/mol. The van der Waals surface area contributed by atoms with Gasteiger partial charge in [-0.2, -0.15) is 0 Å². The van der Waals surface area contributed by atoms with E-state index >= 15 is 0 Å². The molecular formula is C11H7ClINO2. The summed E-state index contributed by atoms with van der Waals surface area (Å²) in [5, 5.41) is 3.42. The predicted octanol–water partition coefficient (Wildman–Crippen LogP) is 3.79. The lowest BCUT2D eigenvalue weighted by Crippen LogP contribution is -2.11. The first kappa shape index (κ1) is 11.5. The first-order valence-electron chi connectivity index (χ1n) is 4.45. The smallest absolute Gasteiger partial charge is 0.258 e. The number of rotatable bonds is 2. The van der Waals surface area contributed by atoms with Gasteiger partial charge in [0.2, 0.25) is 0 Å². The van der Waals surface area contributed by atoms with Crippen LogP contribution in [0.3, 0.4) is 0 Å². The van der Waals surface area contributed by atoms with E-state index in [4.69, 9.17) is 16.0 Å². The molecule has 0 saturated heterocycles. The van der Waals surface area contributed by atoms with Gasteiger partial charge >= 0.3 is 0 Å². The van der Waals surface area contributed by atoms with Crippen LogP contribution in [0.25, 0.3) is 0 Å². The highest BCUT2D eigenvalue weighted by atomic mass is 127. The minimum absolute atomic E-state index is 0.200. The number of carbonyl (C=O) groups excluding carboxylic acids is 1. The van der Waals surface area contributed by atoms with E-state index in [0.29, 0.717) is 10.6 Å². The first-order chi connectivity index (χ1) is 7.66. The van der Waals surface area contributed by atoms with Crippen molar-refractivity contribution in [3.63, 3.8) is 0 Å². The molecule has 0 aliphatic carbocycles. The Labute approximate surface area is 111 Å². The van der Waals surface area contributed by atoms with Crippen LogP contribution in [0.2, 0.25) is 5.02 Å². The fraction of sp³-hybridized carbons (Fsp3) is 0. The monoisotopic (exact) mass is 347 g/mol. The fourth-order valence-electron chi connectivity index (χ4n) is 1.18. The van der Waals surface area contributed by atoms with Gasteiger partial charge in [-0.05, 0) is 46.9 Å². The normalized spacial score (nSPS) is 10.1. The molecule has 16 heavy (non-hydrogen) atoms. The van der Waals surface area contributed by atoms with Crippen molar-refractivity contribution in [2.75, 3.05) is 5.32 Å². The lowest BCUT2D eigenvalue weighted by molar-refractivity contribution is 0.102. The van der Waals surface area contributed by atoms with Gasteiger partial charge < -0.3 is 9.73 Å². The maximum absolute atomic E-state index is 11.7. The Morgan fingerprint density at radius 2 is 2.19 bits per heavy atom. The summed E-state index contributed by atoms with van der Waals surface area (Å²) in [7, 11) is 0. The van der Waals surface area contributed by atoms with E-state index in [1.807, 2.05) is 0 Å². The number of carbonyl (C=O) groups is 1. The van der Waals surface area contributed by atoms with Gasteiger partial charge in [0.05, 0.1) is 17.5 Å². The van der Waals surface area contributed by atoms with E-state index in [9.17, 15) is 4.79 Å². The van der Waals surface area contributed by atoms with Crippen LogP contribution in [0, 0.1) is 3.57 Å². The zero-order valence-electron chi connectivity index (χ0n) is 8.04. The number of hydrogen-bond donors (Lipinski definition) is 1. The lowest BCUT2D eigenvalue weighted by Gasteiger charge is -2.06. The summed E-state index contributed by atoms with van der Waals surface area (Å²) in [6, 6.07) is 6.89. The molecule has 0 aliphatic rings. The Hall–Kier alpha value is -1.01. The molecule has 2 aromatic rings. The van der Waals surface area contributed by atoms with Gasteiger partial charge in [0.1, 0.15) is 6.26 Å². The van der Waals surface area contributed by atoms with Crippen LogP contribution in [-0.2, 0) is 0 Å². The summed E-state index contributed by atoms with van der Waals surface area (Å²) in [5.74, 6) is -0.200. The maximum atomic E-state index is 11.7. The second-order valence-corrected chi connectivity index (χ2v) is 4.69. The standard InChI is InChI=1S/C11H7ClINO2/c12-8-1-2-10(9(13)5-8)14-11(15)7-3-4-16-6-7/h1-6H,(H,14,15). The van der Waals surface area contributed by atoms with Crippen LogP contribution >= 0.6 is 34.2 Å². The highest BCUT2D eigenvalue weighted by Gasteiger charge is 2.09. The third-order valence-corrected chi connectivity index (χ3v) is 3.09. The Morgan fingerprint density at radius 1 is 1.38 bits per heavy atom. The fourth-order valence-corrected chi connectivity index (χ4v) is 2.19. The van der Waals surface area contributed by atoms with Gasteiger partial charge in [-0.1, -0.05) is 11.6 Å². The molecule has 0 fully saturated rings. The molecule has 1 heterocycles. The maximum Gasteiger partial charge on any atom is 0.258 e. The van der Waals surface area contributed by atoms with Gasteiger partial charge in [-0.15, -0.1) is 0 Å². The van der Waals surface area contributed by atoms with Crippen molar-refractivity contribution < 1.29 is 9.21 Å². The van der Waals surface area contributed by atoms with E-state index in [2.05, 4.69) is 27.9 Å². The zero-order valence-corrected chi connectivity index (χ0v) is 10.9. The molecule has 3 nitrogen and oxygen atoms in total. The second-order valence-electron chi connectivity index (χ2n) is 3.09. The molecule has 0 aliphatic heterocycles. The minimum atomic E-state index is -0.200. The number of hydrogen-bond acceptors (Lipinski definition) is 2. The molecule has 1 N–H and O–H groups in total. The zero-order chi connectivity index (χ0) is 11.5. The molecule has 0 unspecified atom stereocenters. The van der Waals surface area contributed by atoms with E-state index in [-0.39, 0.29) is 5.91 Å². The van der Waals surface area contributed by atoms with Crippen LogP contribution in [-0.4, -0.2) is 5.91 Å². The number of benzene rings is 1. The molecule has 0 spiro atoms. The van der Waals surface area contributed by atoms with E-state index in [0.717, 1.165) is 9.26 Å². The molecule has 1 aromatic carbocycles. The van der Waals surface area contributed by atoms with Crippen molar-refractivity contribution in [2.24, 2.45) is 0 Å². The topological polar surface area (TPSA) is 42.2 Å². The van der Waals surface area contributed by atoms with Crippen molar-refractivity contribution >= 4 is 45.8 Å². The van der Waals surface area contributed by atoms with Crippen molar-refractivity contribution in [3.8, 4) is 0 Å². The van der Waals surface area contributed by atoms with Crippen molar-refractivity contribution in [1.82, 2.24) is 0 Å². The van der Waals surface area contributed by atoms with Gasteiger partial charge in [0.15, 0.2) is 0 Å². The Morgan fingerprint density at radius 3 is 2.81 bits per heavy atom. The molecule has 0 saturated carbocycles. The lowest BCUT2D eigenvalue weighted by atomic mass is 10.3. The second kappa shape index (κ2) is 4.88. The summed E-state index contributed by atoms with van der Waals surface area (Å²) >= 11 is 7.94. The molecule has 2 rings (SSSR count). The van der Waals surface area contributed by atoms with Crippen LogP contribution in [0.1, 0.15) is 10.4 Å². The minimum Gasteiger partial charge on any atom is -0.472 e. The predicted molar refractivity (Wildman–Crippen MR) is 70.8 cm³/mol. The molecule has 5 heteroatoms. The average molecular weight is 348 g/mol. The van der Waals surface area contributed by atoms with Gasteiger partial charge in [-0.25, -0.2) is 0 Å². The van der Waals surface area contributed by atoms with Crippen LogP contribution < -0.4 is 5.32 Å². The third kappa shape index (κ3) is 2.56. The van der Waals surface area contributed by atoms with Gasteiger partial charge in [-0.3, -0.25) is 4.79 Å². The summed E-state index contributed by atoms with van der Waals surface area (Å²) < 4.78 is 5.73. The van der Waals surface area contributed by atoms with Crippen molar-refractivity contribution in [3.05, 3.63) is 50.9 Å². The Bertz CT molecular complexity index is 511. The highest BCUT2D eigenvalue weighted by Crippen LogP contribution is 2.22. The van der Waals surface area contributed by atoms with Crippen LogP contribution in [0.15, 0.2) is 41.2 Å². The molecule has 0 bridgehead atoms. The SMILES string of the molecule is O=C(Nc1ccc(Cl)cc1I)c1ccoc1. The van der Waals surface area contributed by atoms with Crippen molar-refractivity contribution in [2.45, 2.75) is 0 Å². The summed E-state index contributed by atoms with van der Waals surface area (Å²) in [6.45, 7) is 0. The average Bonchev–Trinajstić information content (AvgIpc) is 2.75. The number of furan rings is 1. The van der Waals surface area contributed by atoms with Crippen molar-refractivity contribution in [1.29, 1.82) is 0 Å². The number of amides is 1. The third-order valence-electron chi connectivity index (χ3n) is 1.96. The summed E-state index contributed by atoms with van der Waals surface area (Å²) in [5.41, 5.74) is 1.22. The highest BCUT2D eigenvalue weighted by molar-refractivity contribution is 14.1. The first-order valence-corrected chi connectivity index (χ1v) is 5.91. The van der Waals surface area contributed by atoms with Gasteiger partial charge in [0.25, 0.3) is 5.91 Å². The Kier molecular flexibility index (Phi) is 3.50. The number of anilines is 1. The van der Waals surface area contributed by atoms with Crippen LogP contribution in [0.4, 0.5) is 5.69 Å². The number of nitrogens with one attached hydrogen (secondary N) is 1. The number of halogens is 2. The van der Waals surface area contributed by atoms with Crippen LogP contribution in [0.5, 0.6) is 0 Å². The molecule has 1 aromatic heterocycles. The van der Waals surface area contributed by atoms with Gasteiger partial charge in [0, 0.05) is 8.59 Å². The molecule has 0 atom stereocenters. The summed E-state index contributed by atoms with van der Waals surface area (Å²) in [6.07, 6.45) is 2.86. The summed E-state index contributed by atoms with van der Waals surface area (Å²) in [4.78, 5) is 11.7.